The molecular formula is C12H23NO5. The molecule has 0 heterocycles. The summed E-state index contributed by atoms with van der Waals surface area (Å²) in [4.78, 5) is 22.4. The monoisotopic (exact) mass is 261 g/mol. The molecule has 0 aliphatic carbocycles. The first-order valence-corrected chi connectivity index (χ1v) is 5.96. The zero-order valence-electron chi connectivity index (χ0n) is 11.5. The van der Waals surface area contributed by atoms with Crippen molar-refractivity contribution in [1.82, 2.24) is 5.32 Å². The van der Waals surface area contributed by atoms with E-state index in [9.17, 15) is 9.59 Å². The van der Waals surface area contributed by atoms with Gasteiger partial charge in [0.25, 0.3) is 0 Å². The number of aliphatic carboxylic acids is 1. The smallest absolute Gasteiger partial charge is 0.305 e. The summed E-state index contributed by atoms with van der Waals surface area (Å²) in [5.74, 6) is -1.33. The van der Waals surface area contributed by atoms with Crippen LogP contribution < -0.4 is 5.32 Å². The van der Waals surface area contributed by atoms with E-state index in [1.54, 1.807) is 6.92 Å². The second kappa shape index (κ2) is 8.05. The summed E-state index contributed by atoms with van der Waals surface area (Å²) in [6, 6.07) is 0. The highest BCUT2D eigenvalue weighted by Gasteiger charge is 2.29. The van der Waals surface area contributed by atoms with Gasteiger partial charge in [-0.25, -0.2) is 0 Å². The Balaban J connectivity index is 4.31. The normalized spacial score (nSPS) is 15.8. The third-order valence-electron chi connectivity index (χ3n) is 2.52. The van der Waals surface area contributed by atoms with E-state index in [2.05, 4.69) is 5.32 Å². The number of hydrogen-bond donors (Lipinski definition) is 2. The summed E-state index contributed by atoms with van der Waals surface area (Å²) in [7, 11) is 1.46. The van der Waals surface area contributed by atoms with Gasteiger partial charge in [-0.05, 0) is 20.3 Å². The van der Waals surface area contributed by atoms with Crippen LogP contribution in [-0.4, -0.2) is 48.9 Å². The van der Waals surface area contributed by atoms with Gasteiger partial charge >= 0.3 is 5.97 Å². The van der Waals surface area contributed by atoms with Gasteiger partial charge < -0.3 is 19.9 Å². The topological polar surface area (TPSA) is 84.9 Å². The lowest BCUT2D eigenvalue weighted by molar-refractivity contribution is -0.140. The molecule has 0 aromatic rings. The first-order valence-electron chi connectivity index (χ1n) is 5.96. The van der Waals surface area contributed by atoms with Crippen molar-refractivity contribution in [3.05, 3.63) is 0 Å². The van der Waals surface area contributed by atoms with Crippen LogP contribution in [0.15, 0.2) is 0 Å². The molecule has 18 heavy (non-hydrogen) atoms. The van der Waals surface area contributed by atoms with Crippen molar-refractivity contribution in [3.63, 3.8) is 0 Å². The quantitative estimate of drug-likeness (QED) is 0.641. The van der Waals surface area contributed by atoms with Crippen LogP contribution in [0.4, 0.5) is 0 Å². The number of hydrogen-bond acceptors (Lipinski definition) is 4. The molecule has 0 saturated carbocycles. The van der Waals surface area contributed by atoms with Crippen LogP contribution in [0.3, 0.4) is 0 Å². The summed E-state index contributed by atoms with van der Waals surface area (Å²) in [6.45, 7) is 5.52. The molecule has 0 fully saturated rings. The van der Waals surface area contributed by atoms with Crippen LogP contribution in [0, 0.1) is 0 Å². The van der Waals surface area contributed by atoms with E-state index in [0.29, 0.717) is 0 Å². The number of rotatable bonds is 9. The van der Waals surface area contributed by atoms with Gasteiger partial charge in [0.2, 0.25) is 5.91 Å². The van der Waals surface area contributed by atoms with Gasteiger partial charge in [0.05, 0.1) is 24.7 Å². The molecule has 0 rings (SSSR count). The van der Waals surface area contributed by atoms with Gasteiger partial charge in [-0.15, -0.1) is 0 Å². The highest BCUT2D eigenvalue weighted by atomic mass is 16.5. The Bertz CT molecular complexity index is 282. The van der Waals surface area contributed by atoms with E-state index < -0.39 is 11.5 Å². The molecule has 0 radical (unpaired) electrons. The SMILES string of the molecule is CCC(C)OCC(=O)NC(C)(COC)CC(=O)O. The minimum absolute atomic E-state index is 0.00362. The maximum absolute atomic E-state index is 11.7. The molecule has 106 valence electrons. The largest absolute Gasteiger partial charge is 0.481 e. The second-order valence-corrected chi connectivity index (χ2v) is 4.64. The fourth-order valence-corrected chi connectivity index (χ4v) is 1.49. The Morgan fingerprint density at radius 1 is 1.44 bits per heavy atom. The van der Waals surface area contributed by atoms with Gasteiger partial charge in [-0.3, -0.25) is 9.59 Å². The summed E-state index contributed by atoms with van der Waals surface area (Å²) in [5.41, 5.74) is -0.920. The molecular weight excluding hydrogens is 238 g/mol. The van der Waals surface area contributed by atoms with E-state index in [0.717, 1.165) is 6.42 Å². The zero-order valence-corrected chi connectivity index (χ0v) is 11.5. The van der Waals surface area contributed by atoms with Crippen molar-refractivity contribution in [2.75, 3.05) is 20.3 Å². The van der Waals surface area contributed by atoms with E-state index in [1.807, 2.05) is 13.8 Å². The molecule has 6 nitrogen and oxygen atoms in total. The number of carbonyl (C=O) groups excluding carboxylic acids is 1. The third-order valence-corrected chi connectivity index (χ3v) is 2.52. The molecule has 1 amide bonds. The predicted molar refractivity (Wildman–Crippen MR) is 66.4 cm³/mol. The Morgan fingerprint density at radius 3 is 2.50 bits per heavy atom. The van der Waals surface area contributed by atoms with Gasteiger partial charge in [-0.1, -0.05) is 6.92 Å². The van der Waals surface area contributed by atoms with Crippen LogP contribution in [0.5, 0.6) is 0 Å². The highest BCUT2D eigenvalue weighted by Crippen LogP contribution is 2.10. The summed E-state index contributed by atoms with van der Waals surface area (Å²) < 4.78 is 10.2. The summed E-state index contributed by atoms with van der Waals surface area (Å²) in [5, 5.41) is 11.4. The number of carboxylic acids is 1. The fraction of sp³-hybridized carbons (Fsp3) is 0.833. The molecule has 2 N–H and O–H groups in total. The van der Waals surface area contributed by atoms with Crippen LogP contribution in [0.25, 0.3) is 0 Å². The Hall–Kier alpha value is -1.14. The maximum Gasteiger partial charge on any atom is 0.305 e. The molecule has 0 aromatic heterocycles. The van der Waals surface area contributed by atoms with Crippen molar-refractivity contribution >= 4 is 11.9 Å². The highest BCUT2D eigenvalue weighted by molar-refractivity contribution is 5.79. The minimum Gasteiger partial charge on any atom is -0.481 e. The number of methoxy groups -OCH3 is 1. The lowest BCUT2D eigenvalue weighted by atomic mass is 9.99. The van der Waals surface area contributed by atoms with Crippen molar-refractivity contribution in [1.29, 1.82) is 0 Å². The summed E-state index contributed by atoms with van der Waals surface area (Å²) >= 11 is 0. The van der Waals surface area contributed by atoms with Crippen molar-refractivity contribution in [3.8, 4) is 0 Å². The van der Waals surface area contributed by atoms with Crippen molar-refractivity contribution in [2.45, 2.75) is 45.3 Å². The van der Waals surface area contributed by atoms with Crippen molar-refractivity contribution < 1.29 is 24.2 Å². The Labute approximate surface area is 108 Å². The molecule has 0 spiro atoms. The molecule has 0 aliphatic rings. The molecule has 0 bridgehead atoms. The van der Waals surface area contributed by atoms with Gasteiger partial charge in [-0.2, -0.15) is 0 Å². The lowest BCUT2D eigenvalue weighted by Crippen LogP contribution is -2.52. The Kier molecular flexibility index (Phi) is 7.54. The Morgan fingerprint density at radius 2 is 2.06 bits per heavy atom. The van der Waals surface area contributed by atoms with Crippen LogP contribution in [0.2, 0.25) is 0 Å². The average molecular weight is 261 g/mol. The maximum atomic E-state index is 11.7. The summed E-state index contributed by atoms with van der Waals surface area (Å²) in [6.07, 6.45) is 0.622. The van der Waals surface area contributed by atoms with Crippen LogP contribution >= 0.6 is 0 Å². The standard InChI is InChI=1S/C12H23NO5/c1-5-9(2)18-7-10(14)13-12(3,8-17-4)6-11(15)16/h9H,5-8H2,1-4H3,(H,13,14)(H,15,16). The average Bonchev–Trinajstić information content (AvgIpc) is 2.24. The number of carboxylic acid groups (broad SMARTS) is 1. The van der Waals surface area contributed by atoms with E-state index in [-0.39, 0.29) is 31.6 Å². The molecule has 0 aliphatic heterocycles. The molecule has 2 atom stereocenters. The van der Waals surface area contributed by atoms with E-state index >= 15 is 0 Å². The lowest BCUT2D eigenvalue weighted by Gasteiger charge is -2.28. The number of nitrogens with one attached hydrogen (secondary N) is 1. The van der Waals surface area contributed by atoms with Gasteiger partial charge in [0.15, 0.2) is 0 Å². The number of carbonyl (C=O) groups is 2. The third kappa shape index (κ3) is 7.24. The molecule has 0 aromatic carbocycles. The first kappa shape index (κ1) is 16.9. The van der Waals surface area contributed by atoms with E-state index in [4.69, 9.17) is 14.6 Å². The fourth-order valence-electron chi connectivity index (χ4n) is 1.49. The van der Waals surface area contributed by atoms with E-state index in [1.165, 1.54) is 7.11 Å². The van der Waals surface area contributed by atoms with Crippen LogP contribution in [-0.2, 0) is 19.1 Å². The predicted octanol–water partition coefficient (Wildman–Crippen LogP) is 0.798. The number of amides is 1. The molecule has 6 heteroatoms. The first-order chi connectivity index (χ1) is 8.33. The van der Waals surface area contributed by atoms with Gasteiger partial charge in [0, 0.05) is 7.11 Å². The van der Waals surface area contributed by atoms with Crippen LogP contribution in [0.1, 0.15) is 33.6 Å². The zero-order chi connectivity index (χ0) is 14.2. The molecule has 0 saturated heterocycles. The second-order valence-electron chi connectivity index (χ2n) is 4.64. The molecule has 2 unspecified atom stereocenters. The van der Waals surface area contributed by atoms with Gasteiger partial charge in [0.1, 0.15) is 6.61 Å². The minimum atomic E-state index is -0.988. The van der Waals surface area contributed by atoms with Crippen molar-refractivity contribution in [2.24, 2.45) is 0 Å². The number of ether oxygens (including phenoxy) is 2.